The Hall–Kier alpha value is -0.560. The molecule has 0 nitrogen and oxygen atoms in total. The third kappa shape index (κ3) is 0.309. The quantitative estimate of drug-likeness (QED) is 0.482. The molecule has 0 amide bonds. The monoisotopic (exact) mass is 107 g/mol. The maximum Gasteiger partial charge on any atom is 0.0422 e. The fourth-order valence-electron chi connectivity index (χ4n) is 0.616. The molecule has 0 atom stereocenters. The SMILES string of the molecule is [C]1=Cc2ccsc21. The molecule has 33 valence electrons. The molecule has 1 aromatic rings. The van der Waals surface area contributed by atoms with Gasteiger partial charge in [0.2, 0.25) is 0 Å². The van der Waals surface area contributed by atoms with E-state index in [0.29, 0.717) is 0 Å². The molecule has 0 bridgehead atoms. The minimum Gasteiger partial charge on any atom is -0.143 e. The molecule has 0 unspecified atom stereocenters. The Kier molecular flexibility index (Phi) is 0.484. The molecule has 0 aromatic carbocycles. The highest BCUT2D eigenvalue weighted by Gasteiger charge is 2.03. The van der Waals surface area contributed by atoms with Crippen molar-refractivity contribution in [2.24, 2.45) is 0 Å². The lowest BCUT2D eigenvalue weighted by atomic mass is 10.1. The molecule has 1 aliphatic carbocycles. The second-order valence-corrected chi connectivity index (χ2v) is 2.41. The molecule has 0 N–H and O–H groups in total. The van der Waals surface area contributed by atoms with Crippen LogP contribution < -0.4 is 0 Å². The first-order valence-electron chi connectivity index (χ1n) is 2.14. The topological polar surface area (TPSA) is 0 Å². The maximum absolute atomic E-state index is 3.06. The predicted octanol–water partition coefficient (Wildman–Crippen LogP) is 1.93. The molecule has 0 saturated heterocycles. The summed E-state index contributed by atoms with van der Waals surface area (Å²) in [5.41, 5.74) is 1.35. The first-order valence-corrected chi connectivity index (χ1v) is 3.02. The zero-order chi connectivity index (χ0) is 4.69. The number of fused-ring (bicyclic) bond motifs is 1. The van der Waals surface area contributed by atoms with E-state index in [9.17, 15) is 0 Å². The Morgan fingerprint density at radius 3 is 2.86 bits per heavy atom. The largest absolute Gasteiger partial charge is 0.143 e. The fraction of sp³-hybridized carbons (Fsp3) is 0. The third-order valence-corrected chi connectivity index (χ3v) is 1.92. The van der Waals surface area contributed by atoms with Gasteiger partial charge in [-0.1, -0.05) is 0 Å². The first kappa shape index (κ1) is 3.44. The molecular weight excluding hydrogens is 104 g/mol. The lowest BCUT2D eigenvalue weighted by Crippen LogP contribution is -1.79. The van der Waals surface area contributed by atoms with E-state index in [4.69, 9.17) is 0 Å². The summed E-state index contributed by atoms with van der Waals surface area (Å²) in [6, 6.07) is 2.11. The standard InChI is InChI=1S/C6H3S/c1-2-6-5(1)3-4-7-6/h1,3-4H. The number of hydrogen-bond acceptors (Lipinski definition) is 1. The van der Waals surface area contributed by atoms with Crippen LogP contribution in [0.15, 0.2) is 11.4 Å². The van der Waals surface area contributed by atoms with Gasteiger partial charge in [0.1, 0.15) is 0 Å². The van der Waals surface area contributed by atoms with Crippen LogP contribution in [0.25, 0.3) is 6.08 Å². The second kappa shape index (κ2) is 0.984. The van der Waals surface area contributed by atoms with E-state index in [1.165, 1.54) is 10.4 Å². The van der Waals surface area contributed by atoms with Crippen LogP contribution in [0.3, 0.4) is 0 Å². The van der Waals surface area contributed by atoms with E-state index in [2.05, 4.69) is 17.5 Å². The summed E-state index contributed by atoms with van der Waals surface area (Å²) in [5.74, 6) is 0. The highest BCUT2D eigenvalue weighted by Crippen LogP contribution is 2.25. The molecule has 1 aliphatic rings. The third-order valence-electron chi connectivity index (χ3n) is 1.05. The van der Waals surface area contributed by atoms with Crippen LogP contribution >= 0.6 is 11.3 Å². The zero-order valence-corrected chi connectivity index (χ0v) is 4.46. The molecule has 0 fully saturated rings. The van der Waals surface area contributed by atoms with Gasteiger partial charge in [-0.3, -0.25) is 0 Å². The smallest absolute Gasteiger partial charge is 0.0422 e. The van der Waals surface area contributed by atoms with Crippen LogP contribution in [0.1, 0.15) is 10.4 Å². The van der Waals surface area contributed by atoms with Gasteiger partial charge in [-0.25, -0.2) is 0 Å². The summed E-state index contributed by atoms with van der Waals surface area (Å²) in [7, 11) is 0. The summed E-state index contributed by atoms with van der Waals surface area (Å²) in [5, 5.41) is 2.08. The lowest BCUT2D eigenvalue weighted by molar-refractivity contribution is 1.65. The van der Waals surface area contributed by atoms with Crippen molar-refractivity contribution in [3.63, 3.8) is 0 Å². The van der Waals surface area contributed by atoms with E-state index >= 15 is 0 Å². The minimum atomic E-state index is 1.31. The Morgan fingerprint density at radius 1 is 1.57 bits per heavy atom. The molecule has 1 heterocycles. The average Bonchev–Trinajstić information content (AvgIpc) is 1.85. The van der Waals surface area contributed by atoms with Crippen LogP contribution in [0.4, 0.5) is 0 Å². The number of rotatable bonds is 0. The Morgan fingerprint density at radius 2 is 2.57 bits per heavy atom. The summed E-state index contributed by atoms with van der Waals surface area (Å²) in [6.07, 6.45) is 5.07. The summed E-state index contributed by atoms with van der Waals surface area (Å²) in [6.45, 7) is 0. The number of thiophene rings is 1. The van der Waals surface area contributed by atoms with Crippen molar-refractivity contribution in [3.8, 4) is 0 Å². The average molecular weight is 107 g/mol. The van der Waals surface area contributed by atoms with Crippen LogP contribution in [0.2, 0.25) is 0 Å². The van der Waals surface area contributed by atoms with Gasteiger partial charge in [0.15, 0.2) is 0 Å². The van der Waals surface area contributed by atoms with Crippen molar-refractivity contribution < 1.29 is 0 Å². The van der Waals surface area contributed by atoms with E-state index in [0.717, 1.165) is 0 Å². The van der Waals surface area contributed by atoms with Crippen molar-refractivity contribution in [2.75, 3.05) is 0 Å². The van der Waals surface area contributed by atoms with Crippen molar-refractivity contribution in [1.82, 2.24) is 0 Å². The molecule has 0 spiro atoms. The first-order chi connectivity index (χ1) is 3.47. The van der Waals surface area contributed by atoms with Gasteiger partial charge in [0, 0.05) is 11.0 Å². The van der Waals surface area contributed by atoms with Crippen LogP contribution in [-0.2, 0) is 0 Å². The number of hydrogen-bond donors (Lipinski definition) is 0. The molecule has 7 heavy (non-hydrogen) atoms. The van der Waals surface area contributed by atoms with E-state index in [1.807, 2.05) is 6.08 Å². The Bertz CT molecular complexity index is 187. The molecular formula is C6H3S. The van der Waals surface area contributed by atoms with Crippen molar-refractivity contribution in [2.45, 2.75) is 0 Å². The van der Waals surface area contributed by atoms with Crippen molar-refractivity contribution in [1.29, 1.82) is 0 Å². The second-order valence-electron chi connectivity index (χ2n) is 1.49. The molecule has 2 rings (SSSR count). The van der Waals surface area contributed by atoms with Crippen molar-refractivity contribution in [3.05, 3.63) is 28.0 Å². The highest BCUT2D eigenvalue weighted by molar-refractivity contribution is 7.10. The maximum atomic E-state index is 3.06. The predicted molar refractivity (Wildman–Crippen MR) is 31.1 cm³/mol. The summed E-state index contributed by atoms with van der Waals surface area (Å²) in [4.78, 5) is 1.31. The Labute approximate surface area is 46.1 Å². The fourth-order valence-corrected chi connectivity index (χ4v) is 1.36. The van der Waals surface area contributed by atoms with Crippen LogP contribution in [-0.4, -0.2) is 0 Å². The van der Waals surface area contributed by atoms with E-state index < -0.39 is 0 Å². The molecule has 1 aromatic heterocycles. The normalized spacial score (nSPS) is 13.1. The van der Waals surface area contributed by atoms with Gasteiger partial charge in [-0.2, -0.15) is 0 Å². The molecule has 0 aliphatic heterocycles. The van der Waals surface area contributed by atoms with Gasteiger partial charge in [-0.15, -0.1) is 11.3 Å². The van der Waals surface area contributed by atoms with E-state index in [1.54, 1.807) is 11.3 Å². The Balaban J connectivity index is 2.79. The van der Waals surface area contributed by atoms with Crippen LogP contribution in [0.5, 0.6) is 0 Å². The lowest BCUT2D eigenvalue weighted by Gasteiger charge is -1.96. The highest BCUT2D eigenvalue weighted by atomic mass is 32.1. The van der Waals surface area contributed by atoms with Gasteiger partial charge in [-0.05, 0) is 23.1 Å². The van der Waals surface area contributed by atoms with Gasteiger partial charge >= 0.3 is 0 Å². The summed E-state index contributed by atoms with van der Waals surface area (Å²) < 4.78 is 0. The zero-order valence-electron chi connectivity index (χ0n) is 3.64. The summed E-state index contributed by atoms with van der Waals surface area (Å²) >= 11 is 1.75. The van der Waals surface area contributed by atoms with Gasteiger partial charge < -0.3 is 0 Å². The molecule has 0 saturated carbocycles. The van der Waals surface area contributed by atoms with Gasteiger partial charge in [0.25, 0.3) is 0 Å². The van der Waals surface area contributed by atoms with Gasteiger partial charge in [0.05, 0.1) is 0 Å². The van der Waals surface area contributed by atoms with Crippen LogP contribution in [0, 0.1) is 6.08 Å². The minimum absolute atomic E-state index is 1.31. The van der Waals surface area contributed by atoms with Crippen molar-refractivity contribution >= 4 is 17.4 Å². The molecule has 1 radical (unpaired) electrons. The van der Waals surface area contributed by atoms with E-state index in [-0.39, 0.29) is 0 Å². The molecule has 1 heteroatoms.